The highest BCUT2D eigenvalue weighted by Gasteiger charge is 2.27. The van der Waals surface area contributed by atoms with Gasteiger partial charge in [-0.2, -0.15) is 0 Å². The molecule has 0 saturated carbocycles. The second-order valence-corrected chi connectivity index (χ2v) is 11.9. The van der Waals surface area contributed by atoms with Crippen molar-refractivity contribution in [3.8, 4) is 11.6 Å². The summed E-state index contributed by atoms with van der Waals surface area (Å²) in [4.78, 5) is 22.3. The Morgan fingerprint density at radius 1 is 1.07 bits per heavy atom. The first-order chi connectivity index (χ1) is 22.1. The molecule has 242 valence electrons. The number of hydrogen-bond donors (Lipinski definition) is 1. The molecular formula is C33H32ClF3N4O5. The summed E-state index contributed by atoms with van der Waals surface area (Å²) >= 11 is 5.78. The molecule has 0 bridgehead atoms. The molecule has 13 heteroatoms. The molecule has 2 aliphatic rings. The van der Waals surface area contributed by atoms with Crippen LogP contribution in [0.4, 0.5) is 13.2 Å². The van der Waals surface area contributed by atoms with E-state index in [1.807, 2.05) is 4.57 Å². The predicted molar refractivity (Wildman–Crippen MR) is 164 cm³/mol. The number of halogens is 4. The van der Waals surface area contributed by atoms with Crippen molar-refractivity contribution in [2.24, 2.45) is 0 Å². The van der Waals surface area contributed by atoms with Crippen LogP contribution in [0, 0.1) is 17.5 Å². The van der Waals surface area contributed by atoms with Crippen molar-refractivity contribution in [1.29, 1.82) is 0 Å². The molecule has 0 unspecified atom stereocenters. The van der Waals surface area contributed by atoms with E-state index in [0.717, 1.165) is 18.6 Å². The smallest absolute Gasteiger partial charge is 0.328 e. The van der Waals surface area contributed by atoms with Crippen LogP contribution in [0.25, 0.3) is 16.6 Å². The number of fused-ring (bicyclic) bond motifs is 1. The highest BCUT2D eigenvalue weighted by molar-refractivity contribution is 6.30. The van der Waals surface area contributed by atoms with Crippen molar-refractivity contribution >= 4 is 34.2 Å². The largest absolute Gasteiger partial charge is 0.484 e. The van der Waals surface area contributed by atoms with Gasteiger partial charge in [-0.05, 0) is 73.7 Å². The van der Waals surface area contributed by atoms with Crippen LogP contribution >= 0.6 is 11.6 Å². The van der Waals surface area contributed by atoms with Crippen LogP contribution in [0.15, 0.2) is 48.5 Å². The summed E-state index contributed by atoms with van der Waals surface area (Å²) in [6.07, 6.45) is 3.13. The number of allylic oxidation sites excluding steroid dienone is 1. The molecule has 0 amide bonds. The molecule has 2 saturated heterocycles. The Bertz CT molecular complexity index is 1790. The number of carboxylic acids is 1. The number of benzene rings is 2. The van der Waals surface area contributed by atoms with Gasteiger partial charge in [-0.25, -0.2) is 27.9 Å². The van der Waals surface area contributed by atoms with Gasteiger partial charge < -0.3 is 23.9 Å². The minimum Gasteiger partial charge on any atom is -0.484 e. The summed E-state index contributed by atoms with van der Waals surface area (Å²) in [5.74, 6) is -1.98. The lowest BCUT2D eigenvalue weighted by molar-refractivity contribution is -0.131. The summed E-state index contributed by atoms with van der Waals surface area (Å²) in [6.45, 7) is 4.37. The van der Waals surface area contributed by atoms with Crippen LogP contribution in [0.5, 0.6) is 11.6 Å². The summed E-state index contributed by atoms with van der Waals surface area (Å²) in [5.41, 5.74) is 1.74. The number of hydrogen-bond acceptors (Lipinski definition) is 7. The molecule has 46 heavy (non-hydrogen) atoms. The topological polar surface area (TPSA) is 98.9 Å². The van der Waals surface area contributed by atoms with E-state index >= 15 is 4.39 Å². The number of pyridine rings is 1. The van der Waals surface area contributed by atoms with Gasteiger partial charge in [0.05, 0.1) is 24.7 Å². The predicted octanol–water partition coefficient (Wildman–Crippen LogP) is 6.40. The molecule has 2 aromatic heterocycles. The number of rotatable bonds is 11. The lowest BCUT2D eigenvalue weighted by atomic mass is 10.1. The number of likely N-dealkylation sites (tertiary alicyclic amines) is 1. The van der Waals surface area contributed by atoms with Gasteiger partial charge >= 0.3 is 5.97 Å². The Hall–Kier alpha value is -4.13. The lowest BCUT2D eigenvalue weighted by Crippen LogP contribution is -2.39. The first kappa shape index (κ1) is 31.8. The van der Waals surface area contributed by atoms with Gasteiger partial charge in [-0.3, -0.25) is 4.90 Å². The first-order valence-electron chi connectivity index (χ1n) is 15.0. The molecule has 2 fully saturated rings. The molecule has 2 aliphatic heterocycles. The second kappa shape index (κ2) is 13.7. The maximum Gasteiger partial charge on any atom is 0.328 e. The molecule has 4 aromatic rings. The normalized spacial score (nSPS) is 17.7. The molecule has 0 radical (unpaired) electrons. The van der Waals surface area contributed by atoms with Crippen molar-refractivity contribution in [1.82, 2.24) is 19.4 Å². The molecule has 2 aromatic carbocycles. The number of aromatic nitrogens is 3. The molecule has 1 atom stereocenters. The summed E-state index contributed by atoms with van der Waals surface area (Å²) in [7, 11) is 0. The third-order valence-corrected chi connectivity index (χ3v) is 8.43. The zero-order valence-electron chi connectivity index (χ0n) is 25.0. The van der Waals surface area contributed by atoms with Crippen LogP contribution in [-0.2, 0) is 29.2 Å². The fourth-order valence-corrected chi connectivity index (χ4v) is 5.77. The van der Waals surface area contributed by atoms with E-state index in [4.69, 9.17) is 25.8 Å². The molecule has 0 spiro atoms. The number of nitrogens with zero attached hydrogens (tertiary/aromatic N) is 4. The monoisotopic (exact) mass is 656 g/mol. The van der Waals surface area contributed by atoms with Crippen molar-refractivity contribution in [3.05, 3.63) is 88.1 Å². The molecule has 4 heterocycles. The summed E-state index contributed by atoms with van der Waals surface area (Å²) < 4.78 is 62.9. The maximum absolute atomic E-state index is 15.3. The van der Waals surface area contributed by atoms with Gasteiger partial charge in [0.15, 0.2) is 17.4 Å². The minimum absolute atomic E-state index is 0.00127. The fourth-order valence-electron chi connectivity index (χ4n) is 5.61. The zero-order valence-corrected chi connectivity index (χ0v) is 25.8. The SMILES string of the molecule is C/C(=C\C(=O)O)c1cc(F)c2nc(CN3CCC(Oc4ccc(F)c(COc5ccc(Cl)cc5F)n4)CC3)n(C[C@@H]3CCO3)c2c1. The molecule has 0 aliphatic carbocycles. The van der Waals surface area contributed by atoms with Gasteiger partial charge in [-0.1, -0.05) is 11.6 Å². The van der Waals surface area contributed by atoms with E-state index in [1.54, 1.807) is 13.0 Å². The Balaban J connectivity index is 1.11. The van der Waals surface area contributed by atoms with E-state index in [9.17, 15) is 18.7 Å². The van der Waals surface area contributed by atoms with Crippen LogP contribution < -0.4 is 9.47 Å². The van der Waals surface area contributed by atoms with E-state index in [2.05, 4.69) is 14.9 Å². The van der Waals surface area contributed by atoms with Gasteiger partial charge in [0.2, 0.25) is 5.88 Å². The van der Waals surface area contributed by atoms with E-state index in [0.29, 0.717) is 68.1 Å². The van der Waals surface area contributed by atoms with Crippen molar-refractivity contribution in [2.75, 3.05) is 19.7 Å². The quantitative estimate of drug-likeness (QED) is 0.185. The fraction of sp³-hybridized carbons (Fsp3) is 0.364. The Morgan fingerprint density at radius 2 is 1.85 bits per heavy atom. The number of piperidine rings is 1. The molecule has 9 nitrogen and oxygen atoms in total. The van der Waals surface area contributed by atoms with Crippen LogP contribution in [-0.4, -0.2) is 62.4 Å². The summed E-state index contributed by atoms with van der Waals surface area (Å²) in [6, 6.07) is 9.76. The van der Waals surface area contributed by atoms with Gasteiger partial charge in [0.25, 0.3) is 0 Å². The average molecular weight is 657 g/mol. The van der Waals surface area contributed by atoms with E-state index < -0.39 is 23.4 Å². The third-order valence-electron chi connectivity index (χ3n) is 8.20. The van der Waals surface area contributed by atoms with Crippen molar-refractivity contribution in [3.63, 3.8) is 0 Å². The Morgan fingerprint density at radius 3 is 2.54 bits per heavy atom. The lowest BCUT2D eigenvalue weighted by Gasteiger charge is -2.32. The number of carboxylic acid groups (broad SMARTS) is 1. The second-order valence-electron chi connectivity index (χ2n) is 11.4. The minimum atomic E-state index is -1.10. The molecule has 1 N–H and O–H groups in total. The van der Waals surface area contributed by atoms with Crippen LogP contribution in [0.3, 0.4) is 0 Å². The average Bonchev–Trinajstić information content (AvgIpc) is 3.33. The van der Waals surface area contributed by atoms with Crippen molar-refractivity contribution < 1.29 is 37.3 Å². The van der Waals surface area contributed by atoms with Crippen LogP contribution in [0.2, 0.25) is 5.02 Å². The number of aliphatic carboxylic acids is 1. The van der Waals surface area contributed by atoms with E-state index in [1.165, 1.54) is 30.3 Å². The molecular weight excluding hydrogens is 625 g/mol. The number of imidazole rings is 1. The number of ether oxygens (including phenoxy) is 3. The highest BCUT2D eigenvalue weighted by Crippen LogP contribution is 2.29. The van der Waals surface area contributed by atoms with Gasteiger partial charge in [0.1, 0.15) is 35.6 Å². The van der Waals surface area contributed by atoms with Crippen molar-refractivity contribution in [2.45, 2.75) is 58.1 Å². The van der Waals surface area contributed by atoms with Gasteiger partial charge in [-0.15, -0.1) is 0 Å². The number of carbonyl (C=O) groups is 1. The molecule has 6 rings (SSSR count). The third kappa shape index (κ3) is 7.30. The zero-order chi connectivity index (χ0) is 32.4. The standard InChI is InChI=1S/C33H32ClF3N4O5/c1-19(12-32(42)43)20-13-26(37)33-28(14-20)41(16-23-8-11-44-23)30(39-33)17-40-9-6-22(7-10-40)46-31-5-3-24(35)27(38-31)18-45-29-4-2-21(34)15-25(29)36/h2-5,12-15,22-23H,6-11,16-18H2,1H3,(H,42,43)/b19-12+/t23-/m0/s1. The summed E-state index contributed by atoms with van der Waals surface area (Å²) in [5, 5.41) is 9.40. The maximum atomic E-state index is 15.3. The van der Waals surface area contributed by atoms with Crippen LogP contribution in [0.1, 0.15) is 43.3 Å². The Labute approximate surface area is 268 Å². The first-order valence-corrected chi connectivity index (χ1v) is 15.3. The Kier molecular flexibility index (Phi) is 9.48. The van der Waals surface area contributed by atoms with E-state index in [-0.39, 0.29) is 46.7 Å². The highest BCUT2D eigenvalue weighted by atomic mass is 35.5. The van der Waals surface area contributed by atoms with Gasteiger partial charge in [0, 0.05) is 36.9 Å².